The number of rotatable bonds is 5. The van der Waals surface area contributed by atoms with Crippen molar-refractivity contribution in [2.24, 2.45) is 0 Å². The molecule has 0 radical (unpaired) electrons. The highest BCUT2D eigenvalue weighted by atomic mass is 15.0. The third-order valence-electron chi connectivity index (χ3n) is 11.2. The van der Waals surface area contributed by atoms with Crippen LogP contribution in [0, 0.1) is 39.0 Å². The zero-order chi connectivity index (χ0) is 38.1. The first-order valence-electron chi connectivity index (χ1n) is 19.0. The van der Waals surface area contributed by atoms with Crippen LogP contribution in [0.2, 0.25) is 0 Å². The van der Waals surface area contributed by atoms with Crippen LogP contribution in [0.25, 0.3) is 88.5 Å². The van der Waals surface area contributed by atoms with Crippen LogP contribution in [0.4, 0.5) is 0 Å². The molecule has 0 aliphatic carbocycles. The SMILES string of the molecule is Cc1cc(-c2c(-n3c4ccccc4c4ccc(-c5ccccc5C)cc43)cc(C#N)cc2-n2c3ccccc3c3ccc(-c4ccccc4C)cc32)nc(C)n1. The van der Waals surface area contributed by atoms with Crippen molar-refractivity contribution in [2.45, 2.75) is 27.7 Å². The monoisotopic (exact) mass is 719 g/mol. The van der Waals surface area contributed by atoms with E-state index >= 15 is 0 Å². The Balaban J connectivity index is 1.38. The minimum absolute atomic E-state index is 0.559. The summed E-state index contributed by atoms with van der Waals surface area (Å²) in [5, 5.41) is 15.4. The molecule has 5 nitrogen and oxygen atoms in total. The predicted molar refractivity (Wildman–Crippen MR) is 231 cm³/mol. The first-order chi connectivity index (χ1) is 27.4. The van der Waals surface area contributed by atoms with E-state index in [1.165, 1.54) is 22.3 Å². The molecule has 0 spiro atoms. The highest BCUT2D eigenvalue weighted by molar-refractivity contribution is 6.13. The van der Waals surface area contributed by atoms with Gasteiger partial charge in [-0.05, 0) is 104 Å². The number of nitriles is 1. The average molecular weight is 720 g/mol. The zero-order valence-corrected chi connectivity index (χ0v) is 31.7. The molecule has 0 amide bonds. The van der Waals surface area contributed by atoms with Crippen LogP contribution in [0.3, 0.4) is 0 Å². The summed E-state index contributed by atoms with van der Waals surface area (Å²) in [6.07, 6.45) is 0. The van der Waals surface area contributed by atoms with Crippen molar-refractivity contribution in [3.63, 3.8) is 0 Å². The molecule has 0 unspecified atom stereocenters. The Morgan fingerprint density at radius 3 is 1.41 bits per heavy atom. The molecule has 3 heterocycles. The Labute approximate surface area is 325 Å². The molecule has 266 valence electrons. The molecule has 0 aliphatic rings. The Hall–Kier alpha value is -7.29. The summed E-state index contributed by atoms with van der Waals surface area (Å²) < 4.78 is 4.68. The molecule has 0 saturated heterocycles. The fraction of sp³-hybridized carbons (Fsp3) is 0.0784. The number of aryl methyl sites for hydroxylation is 4. The van der Waals surface area contributed by atoms with Crippen molar-refractivity contribution in [1.29, 1.82) is 5.26 Å². The van der Waals surface area contributed by atoms with E-state index in [9.17, 15) is 5.26 Å². The fourth-order valence-electron chi connectivity index (χ4n) is 8.73. The van der Waals surface area contributed by atoms with Gasteiger partial charge in [0.2, 0.25) is 0 Å². The van der Waals surface area contributed by atoms with Crippen LogP contribution < -0.4 is 0 Å². The summed E-state index contributed by atoms with van der Waals surface area (Å²) in [4.78, 5) is 9.86. The van der Waals surface area contributed by atoms with Crippen molar-refractivity contribution in [3.8, 4) is 51.0 Å². The van der Waals surface area contributed by atoms with E-state index in [2.05, 4.69) is 169 Å². The molecule has 0 fully saturated rings. The molecule has 5 heteroatoms. The van der Waals surface area contributed by atoms with E-state index in [1.54, 1.807) is 0 Å². The molecule has 0 N–H and O–H groups in total. The summed E-state index contributed by atoms with van der Waals surface area (Å²) in [6.45, 7) is 8.28. The van der Waals surface area contributed by atoms with Gasteiger partial charge in [-0.1, -0.05) is 109 Å². The van der Waals surface area contributed by atoms with E-state index in [0.29, 0.717) is 11.4 Å². The quantitative estimate of drug-likeness (QED) is 0.178. The highest BCUT2D eigenvalue weighted by Gasteiger charge is 2.25. The Morgan fingerprint density at radius 2 is 0.929 bits per heavy atom. The van der Waals surface area contributed by atoms with E-state index in [0.717, 1.165) is 83.1 Å². The summed E-state index contributed by atoms with van der Waals surface area (Å²) in [5.41, 5.74) is 16.2. The van der Waals surface area contributed by atoms with Crippen molar-refractivity contribution < 1.29 is 0 Å². The van der Waals surface area contributed by atoms with Gasteiger partial charge in [0.05, 0.1) is 50.8 Å². The number of nitrogens with zero attached hydrogens (tertiary/aromatic N) is 5. The highest BCUT2D eigenvalue weighted by Crippen LogP contribution is 2.44. The first kappa shape index (κ1) is 33.3. The zero-order valence-electron chi connectivity index (χ0n) is 31.7. The number of para-hydroxylation sites is 2. The normalized spacial score (nSPS) is 11.6. The predicted octanol–water partition coefficient (Wildman–Crippen LogP) is 12.8. The van der Waals surface area contributed by atoms with Gasteiger partial charge >= 0.3 is 0 Å². The van der Waals surface area contributed by atoms with Crippen molar-refractivity contribution in [2.75, 3.05) is 0 Å². The standard InChI is InChI=1S/C51H37N5/c1-31-13-5-7-15-38(31)36-21-23-42-40-17-9-11-19-45(40)55(47(42)28-36)49-26-35(30-52)27-50(51(49)44-25-33(3)53-34(4)54-44)56-46-20-12-10-18-41(46)43-24-22-37(29-48(43)56)39-16-8-6-14-32(39)2/h5-29H,1-4H3. The molecule has 10 rings (SSSR count). The first-order valence-corrected chi connectivity index (χ1v) is 19.0. The van der Waals surface area contributed by atoms with E-state index in [-0.39, 0.29) is 0 Å². The van der Waals surface area contributed by atoms with E-state index in [1.807, 2.05) is 26.0 Å². The lowest BCUT2D eigenvalue weighted by atomic mass is 9.98. The molecule has 56 heavy (non-hydrogen) atoms. The Kier molecular flexibility index (Phi) is 7.69. The van der Waals surface area contributed by atoms with Crippen LogP contribution in [-0.2, 0) is 0 Å². The lowest BCUT2D eigenvalue weighted by molar-refractivity contribution is 1.01. The Bertz CT molecular complexity index is 3060. The van der Waals surface area contributed by atoms with Crippen LogP contribution in [-0.4, -0.2) is 19.1 Å². The van der Waals surface area contributed by atoms with Crippen LogP contribution in [0.1, 0.15) is 28.2 Å². The maximum atomic E-state index is 10.8. The van der Waals surface area contributed by atoms with Gasteiger partial charge in [0.1, 0.15) is 5.82 Å². The fourth-order valence-corrected chi connectivity index (χ4v) is 8.73. The molecule has 0 saturated carbocycles. The van der Waals surface area contributed by atoms with E-state index in [4.69, 9.17) is 9.97 Å². The molecule has 3 aromatic heterocycles. The smallest absolute Gasteiger partial charge is 0.126 e. The molecule has 10 aromatic rings. The van der Waals surface area contributed by atoms with Crippen LogP contribution in [0.5, 0.6) is 0 Å². The Morgan fingerprint density at radius 1 is 0.464 bits per heavy atom. The summed E-state index contributed by atoms with van der Waals surface area (Å²) in [6, 6.07) is 56.4. The second-order valence-corrected chi connectivity index (χ2v) is 14.7. The van der Waals surface area contributed by atoms with Gasteiger partial charge in [-0.25, -0.2) is 9.97 Å². The van der Waals surface area contributed by atoms with Crippen LogP contribution >= 0.6 is 0 Å². The summed E-state index contributed by atoms with van der Waals surface area (Å²) in [7, 11) is 0. The van der Waals surface area contributed by atoms with Gasteiger partial charge in [0.25, 0.3) is 0 Å². The number of fused-ring (bicyclic) bond motifs is 6. The third kappa shape index (κ3) is 5.22. The number of aromatic nitrogens is 4. The number of benzene rings is 7. The molecular weight excluding hydrogens is 683 g/mol. The van der Waals surface area contributed by atoms with Crippen molar-refractivity contribution >= 4 is 43.6 Å². The van der Waals surface area contributed by atoms with Gasteiger partial charge in [0, 0.05) is 32.8 Å². The third-order valence-corrected chi connectivity index (χ3v) is 11.2. The maximum absolute atomic E-state index is 10.8. The summed E-state index contributed by atoms with van der Waals surface area (Å²) in [5.74, 6) is 0.689. The maximum Gasteiger partial charge on any atom is 0.126 e. The van der Waals surface area contributed by atoms with E-state index < -0.39 is 0 Å². The molecule has 0 atom stereocenters. The average Bonchev–Trinajstić information content (AvgIpc) is 3.72. The largest absolute Gasteiger partial charge is 0.308 e. The lowest BCUT2D eigenvalue weighted by Crippen LogP contribution is -2.07. The lowest BCUT2D eigenvalue weighted by Gasteiger charge is -2.21. The van der Waals surface area contributed by atoms with Crippen molar-refractivity contribution in [3.05, 3.63) is 180 Å². The van der Waals surface area contributed by atoms with Gasteiger partial charge in [-0.3, -0.25) is 0 Å². The number of hydrogen-bond donors (Lipinski definition) is 0. The second-order valence-electron chi connectivity index (χ2n) is 14.7. The van der Waals surface area contributed by atoms with Gasteiger partial charge in [-0.15, -0.1) is 0 Å². The molecule has 7 aromatic carbocycles. The minimum Gasteiger partial charge on any atom is -0.308 e. The molecule has 0 aliphatic heterocycles. The molecule has 0 bridgehead atoms. The second kappa shape index (κ2) is 12.9. The van der Waals surface area contributed by atoms with Crippen molar-refractivity contribution in [1.82, 2.24) is 19.1 Å². The van der Waals surface area contributed by atoms with Gasteiger partial charge in [0.15, 0.2) is 0 Å². The van der Waals surface area contributed by atoms with Crippen LogP contribution in [0.15, 0.2) is 152 Å². The van der Waals surface area contributed by atoms with Gasteiger partial charge in [-0.2, -0.15) is 5.26 Å². The van der Waals surface area contributed by atoms with Gasteiger partial charge < -0.3 is 9.13 Å². The topological polar surface area (TPSA) is 59.4 Å². The number of hydrogen-bond acceptors (Lipinski definition) is 3. The minimum atomic E-state index is 0.559. The summed E-state index contributed by atoms with van der Waals surface area (Å²) >= 11 is 0. The molecular formula is C51H37N5.